The Morgan fingerprint density at radius 1 is 1.25 bits per heavy atom. The minimum Gasteiger partial charge on any atom is -0.497 e. The molecule has 0 aliphatic rings. The van der Waals surface area contributed by atoms with Gasteiger partial charge in [0.2, 0.25) is 0 Å². The van der Waals surface area contributed by atoms with Crippen molar-refractivity contribution in [2.24, 2.45) is 0 Å². The highest BCUT2D eigenvalue weighted by atomic mass is 32.1. The van der Waals surface area contributed by atoms with Gasteiger partial charge in [0.15, 0.2) is 4.77 Å². The van der Waals surface area contributed by atoms with Crippen molar-refractivity contribution in [3.05, 3.63) is 59.4 Å². The molecule has 0 saturated carbocycles. The highest BCUT2D eigenvalue weighted by molar-refractivity contribution is 7.71. The summed E-state index contributed by atoms with van der Waals surface area (Å²) in [5, 5.41) is 0. The SMILES string of the molecule is COc1ccc(-c2c[nH]c(=S)n2Cc2ccco2)cc1. The maximum atomic E-state index is 5.39. The third-order valence-electron chi connectivity index (χ3n) is 3.15. The van der Waals surface area contributed by atoms with Crippen LogP contribution >= 0.6 is 12.2 Å². The van der Waals surface area contributed by atoms with Gasteiger partial charge >= 0.3 is 0 Å². The molecule has 0 fully saturated rings. The Hall–Kier alpha value is -2.27. The predicted molar refractivity (Wildman–Crippen MR) is 79.4 cm³/mol. The number of methoxy groups -OCH3 is 1. The zero-order valence-electron chi connectivity index (χ0n) is 11.0. The van der Waals surface area contributed by atoms with E-state index in [1.165, 1.54) is 0 Å². The Kier molecular flexibility index (Phi) is 3.43. The predicted octanol–water partition coefficient (Wildman–Crippen LogP) is 3.86. The van der Waals surface area contributed by atoms with Gasteiger partial charge in [-0.05, 0) is 54.2 Å². The molecule has 20 heavy (non-hydrogen) atoms. The maximum Gasteiger partial charge on any atom is 0.178 e. The summed E-state index contributed by atoms with van der Waals surface area (Å²) in [6.45, 7) is 0.608. The minimum absolute atomic E-state index is 0.608. The highest BCUT2D eigenvalue weighted by Crippen LogP contribution is 2.23. The van der Waals surface area contributed by atoms with Crippen molar-refractivity contribution in [1.82, 2.24) is 9.55 Å². The zero-order valence-corrected chi connectivity index (χ0v) is 11.8. The number of imidazole rings is 1. The molecule has 1 N–H and O–H groups in total. The van der Waals surface area contributed by atoms with Crippen LogP contribution in [0.1, 0.15) is 5.76 Å². The molecule has 3 aromatic rings. The summed E-state index contributed by atoms with van der Waals surface area (Å²) in [4.78, 5) is 3.08. The average Bonchev–Trinajstić information content (AvgIpc) is 3.11. The molecule has 0 unspecified atom stereocenters. The third kappa shape index (κ3) is 2.40. The van der Waals surface area contributed by atoms with Crippen molar-refractivity contribution in [1.29, 1.82) is 0 Å². The normalized spacial score (nSPS) is 10.7. The van der Waals surface area contributed by atoms with Crippen LogP contribution in [0.3, 0.4) is 0 Å². The summed E-state index contributed by atoms with van der Waals surface area (Å²) in [6, 6.07) is 11.7. The second-order valence-corrected chi connectivity index (χ2v) is 4.76. The molecular formula is C15H14N2O2S. The summed E-state index contributed by atoms with van der Waals surface area (Å²) >= 11 is 5.34. The van der Waals surface area contributed by atoms with Gasteiger partial charge in [0.1, 0.15) is 11.5 Å². The van der Waals surface area contributed by atoms with E-state index in [0.29, 0.717) is 11.3 Å². The quantitative estimate of drug-likeness (QED) is 0.740. The van der Waals surface area contributed by atoms with Gasteiger partial charge in [-0.15, -0.1) is 0 Å². The Morgan fingerprint density at radius 2 is 2.05 bits per heavy atom. The number of hydrogen-bond donors (Lipinski definition) is 1. The lowest BCUT2D eigenvalue weighted by Gasteiger charge is -2.07. The molecule has 2 aromatic heterocycles. The van der Waals surface area contributed by atoms with Gasteiger partial charge in [-0.2, -0.15) is 0 Å². The average molecular weight is 286 g/mol. The Labute approximate surface area is 121 Å². The summed E-state index contributed by atoms with van der Waals surface area (Å²) in [6.07, 6.45) is 3.58. The van der Waals surface area contributed by atoms with Gasteiger partial charge in [0.25, 0.3) is 0 Å². The Bertz CT molecular complexity index is 739. The van der Waals surface area contributed by atoms with Gasteiger partial charge < -0.3 is 18.7 Å². The summed E-state index contributed by atoms with van der Waals surface area (Å²) < 4.78 is 13.2. The molecular weight excluding hydrogens is 272 g/mol. The number of nitrogens with zero attached hydrogens (tertiary/aromatic N) is 1. The van der Waals surface area contributed by atoms with E-state index in [1.54, 1.807) is 13.4 Å². The van der Waals surface area contributed by atoms with E-state index >= 15 is 0 Å². The largest absolute Gasteiger partial charge is 0.497 e. The van der Waals surface area contributed by atoms with Gasteiger partial charge in [-0.1, -0.05) is 0 Å². The molecule has 0 amide bonds. The van der Waals surface area contributed by atoms with Gasteiger partial charge in [-0.25, -0.2) is 0 Å². The standard InChI is InChI=1S/C15H14N2O2S/c1-18-12-6-4-11(5-7-12)14-9-16-15(20)17(14)10-13-3-2-8-19-13/h2-9H,10H2,1H3,(H,16,20). The summed E-state index contributed by atoms with van der Waals surface area (Å²) in [5.41, 5.74) is 2.10. The Morgan fingerprint density at radius 3 is 2.70 bits per heavy atom. The summed E-state index contributed by atoms with van der Waals surface area (Å²) in [7, 11) is 1.66. The van der Waals surface area contributed by atoms with Crippen molar-refractivity contribution >= 4 is 12.2 Å². The van der Waals surface area contributed by atoms with Crippen LogP contribution in [0, 0.1) is 4.77 Å². The maximum absolute atomic E-state index is 5.39. The van der Waals surface area contributed by atoms with E-state index in [4.69, 9.17) is 21.4 Å². The van der Waals surface area contributed by atoms with E-state index in [-0.39, 0.29) is 0 Å². The van der Waals surface area contributed by atoms with E-state index in [2.05, 4.69) is 4.98 Å². The fourth-order valence-corrected chi connectivity index (χ4v) is 2.33. The van der Waals surface area contributed by atoms with E-state index < -0.39 is 0 Å². The molecule has 2 heterocycles. The number of nitrogens with one attached hydrogen (secondary N) is 1. The van der Waals surface area contributed by atoms with E-state index in [9.17, 15) is 0 Å². The number of furan rings is 1. The smallest absolute Gasteiger partial charge is 0.178 e. The van der Waals surface area contributed by atoms with E-state index in [1.807, 2.05) is 47.2 Å². The van der Waals surface area contributed by atoms with Crippen LogP contribution in [-0.4, -0.2) is 16.7 Å². The first-order valence-electron chi connectivity index (χ1n) is 6.23. The molecule has 1 aromatic carbocycles. The Balaban J connectivity index is 1.99. The van der Waals surface area contributed by atoms with Crippen LogP contribution in [0.25, 0.3) is 11.3 Å². The van der Waals surface area contributed by atoms with E-state index in [0.717, 1.165) is 22.8 Å². The number of aromatic amines is 1. The van der Waals surface area contributed by atoms with Gasteiger partial charge in [-0.3, -0.25) is 0 Å². The lowest BCUT2D eigenvalue weighted by atomic mass is 10.1. The second kappa shape index (κ2) is 5.38. The van der Waals surface area contributed by atoms with Crippen LogP contribution < -0.4 is 4.74 Å². The molecule has 0 aliphatic carbocycles. The number of H-pyrrole nitrogens is 1. The van der Waals surface area contributed by atoms with Crippen molar-refractivity contribution in [2.75, 3.05) is 7.11 Å². The number of hydrogen-bond acceptors (Lipinski definition) is 3. The molecule has 0 bridgehead atoms. The lowest BCUT2D eigenvalue weighted by molar-refractivity contribution is 0.415. The fourth-order valence-electron chi connectivity index (χ4n) is 2.11. The van der Waals surface area contributed by atoms with Crippen molar-refractivity contribution in [2.45, 2.75) is 6.54 Å². The first-order valence-corrected chi connectivity index (χ1v) is 6.64. The highest BCUT2D eigenvalue weighted by Gasteiger charge is 2.08. The van der Waals surface area contributed by atoms with Gasteiger partial charge in [0.05, 0.1) is 25.6 Å². The fraction of sp³-hybridized carbons (Fsp3) is 0.133. The van der Waals surface area contributed by atoms with Crippen molar-refractivity contribution in [3.8, 4) is 17.0 Å². The van der Waals surface area contributed by atoms with Crippen LogP contribution in [0.2, 0.25) is 0 Å². The number of rotatable bonds is 4. The topological polar surface area (TPSA) is 43.1 Å². The molecule has 4 nitrogen and oxygen atoms in total. The molecule has 0 saturated heterocycles. The number of ether oxygens (including phenoxy) is 1. The number of benzene rings is 1. The first-order chi connectivity index (χ1) is 9.78. The molecule has 102 valence electrons. The molecule has 0 spiro atoms. The monoisotopic (exact) mass is 286 g/mol. The van der Waals surface area contributed by atoms with Crippen LogP contribution in [0.15, 0.2) is 53.3 Å². The van der Waals surface area contributed by atoms with Gasteiger partial charge in [0, 0.05) is 6.20 Å². The third-order valence-corrected chi connectivity index (χ3v) is 3.49. The lowest BCUT2D eigenvalue weighted by Crippen LogP contribution is -2.00. The molecule has 0 aliphatic heterocycles. The van der Waals surface area contributed by atoms with Crippen molar-refractivity contribution in [3.63, 3.8) is 0 Å². The molecule has 0 atom stereocenters. The minimum atomic E-state index is 0.608. The molecule has 3 rings (SSSR count). The summed E-state index contributed by atoms with van der Waals surface area (Å²) in [5.74, 6) is 1.70. The first kappa shape index (κ1) is 12.7. The van der Waals surface area contributed by atoms with Crippen molar-refractivity contribution < 1.29 is 9.15 Å². The van der Waals surface area contributed by atoms with Crippen LogP contribution in [0.4, 0.5) is 0 Å². The second-order valence-electron chi connectivity index (χ2n) is 4.37. The zero-order chi connectivity index (χ0) is 13.9. The molecule has 0 radical (unpaired) electrons. The van der Waals surface area contributed by atoms with Crippen LogP contribution in [-0.2, 0) is 6.54 Å². The van der Waals surface area contributed by atoms with Crippen LogP contribution in [0.5, 0.6) is 5.75 Å². The molecule has 5 heteroatoms. The number of aromatic nitrogens is 2.